The molecule has 0 atom stereocenters. The molecule has 0 unspecified atom stereocenters. The van der Waals surface area contributed by atoms with Crippen LogP contribution in [0.15, 0.2) is 0 Å². The van der Waals surface area contributed by atoms with E-state index in [2.05, 4.69) is 42.9 Å². The Morgan fingerprint density at radius 2 is 1.61 bits per heavy atom. The van der Waals surface area contributed by atoms with Gasteiger partial charge in [0, 0.05) is 0 Å². The van der Waals surface area contributed by atoms with Gasteiger partial charge in [-0.1, -0.05) is 27.8 Å². The zero-order valence-corrected chi connectivity index (χ0v) is 22.2. The molecule has 0 aromatic carbocycles. The van der Waals surface area contributed by atoms with Crippen LogP contribution >= 0.6 is 15.9 Å². The number of carbonyl (C=O) groups excluding carboxylic acids is 1. The van der Waals surface area contributed by atoms with Crippen molar-refractivity contribution >= 4 is 22.4 Å². The Morgan fingerprint density at radius 3 is 1.83 bits per heavy atom. The summed E-state index contributed by atoms with van der Waals surface area (Å²) in [6.07, 6.45) is 15.3. The van der Waals surface area contributed by atoms with Gasteiger partial charge in [-0.2, -0.15) is 0 Å². The molecule has 0 spiro atoms. The molecule has 0 aromatic heterocycles. The van der Waals surface area contributed by atoms with Crippen LogP contribution < -0.4 is 113 Å². The third-order valence-electron chi connectivity index (χ3n) is 2.59. The first kappa shape index (κ1) is 32.9. The van der Waals surface area contributed by atoms with Crippen molar-refractivity contribution in [3.8, 4) is 24.7 Å². The first-order chi connectivity index (χ1) is 10.3. The molecule has 0 saturated carbocycles. The van der Waals surface area contributed by atoms with E-state index in [1.165, 1.54) is 51.9 Å². The number of halogens is 1. The number of likely N-dealkylation sites (tertiary alicyclic amines) is 1. The van der Waals surface area contributed by atoms with Crippen molar-refractivity contribution in [2.75, 3.05) is 38.1 Å². The average Bonchev–Trinajstić information content (AvgIpc) is 3.24. The van der Waals surface area contributed by atoms with Crippen molar-refractivity contribution in [1.82, 2.24) is 10.2 Å². The van der Waals surface area contributed by atoms with E-state index in [1.54, 1.807) is 0 Å². The molecule has 2 heterocycles. The SMILES string of the molecule is C#CCBr.C#CCN1CCCC1.C1CCNC1.O=CO[O-].[H-].[K+].[K+]. The Kier molecular flexibility index (Phi) is 45.6. The standard InChI is InChI=1S/C7H11N.C4H9N.C3H3Br.CH2O3.2K.H/c1-2-5-8-6-3-4-7-8;1-2-4-5-3-1;1-2-3-4;2-1-4-3;;;/h1H,3-7H2;5H,1-4H2;1H,3H2;1,3H;;;/q;;;;2*+1;-1/p-1. The van der Waals surface area contributed by atoms with Crippen molar-refractivity contribution in [2.24, 2.45) is 0 Å². The molecule has 0 radical (unpaired) electrons. The van der Waals surface area contributed by atoms with E-state index in [-0.39, 0.29) is 111 Å². The minimum absolute atomic E-state index is 0. The van der Waals surface area contributed by atoms with Gasteiger partial charge in [0.05, 0.1) is 11.9 Å². The number of hydrogen-bond acceptors (Lipinski definition) is 5. The minimum atomic E-state index is -0.181. The summed E-state index contributed by atoms with van der Waals surface area (Å²) < 4.78 is 0. The minimum Gasteiger partial charge on any atom is -1.00 e. The topological polar surface area (TPSA) is 64.6 Å². The fourth-order valence-electron chi connectivity index (χ4n) is 1.69. The van der Waals surface area contributed by atoms with E-state index < -0.39 is 0 Å². The first-order valence-electron chi connectivity index (χ1n) is 6.85. The van der Waals surface area contributed by atoms with Crippen molar-refractivity contribution < 1.29 is 119 Å². The molecule has 8 heteroatoms. The fraction of sp³-hybridized carbons (Fsp3) is 0.667. The predicted octanol–water partition coefficient (Wildman–Crippen LogP) is -5.35. The molecular formula is C15H25BrK2N2O3. The molecule has 2 saturated heterocycles. The molecule has 2 aliphatic rings. The van der Waals surface area contributed by atoms with Gasteiger partial charge >= 0.3 is 103 Å². The van der Waals surface area contributed by atoms with Crippen LogP contribution in [0.2, 0.25) is 0 Å². The smallest absolute Gasteiger partial charge is 1.00 e. The first-order valence-corrected chi connectivity index (χ1v) is 7.97. The Morgan fingerprint density at radius 1 is 1.17 bits per heavy atom. The summed E-state index contributed by atoms with van der Waals surface area (Å²) in [4.78, 5) is 13.6. The van der Waals surface area contributed by atoms with E-state index in [0.717, 1.165) is 6.54 Å². The van der Waals surface area contributed by atoms with Gasteiger partial charge in [-0.15, -0.1) is 12.8 Å². The van der Waals surface area contributed by atoms with E-state index in [0.29, 0.717) is 5.33 Å². The monoisotopic (exact) mass is 438 g/mol. The molecule has 1 N–H and O–H groups in total. The Labute approximate surface area is 235 Å². The van der Waals surface area contributed by atoms with Gasteiger partial charge in [0.2, 0.25) is 0 Å². The fourth-order valence-corrected chi connectivity index (χ4v) is 1.69. The number of carbonyl (C=O) groups is 1. The number of nitrogens with one attached hydrogen (secondary N) is 1. The molecule has 0 aromatic rings. The maximum absolute atomic E-state index is 8.64. The molecule has 2 rings (SSSR count). The number of rotatable bonds is 2. The molecule has 0 amide bonds. The second-order valence-corrected chi connectivity index (χ2v) is 4.74. The van der Waals surface area contributed by atoms with Crippen LogP contribution in [0.5, 0.6) is 0 Å². The molecule has 2 fully saturated rings. The van der Waals surface area contributed by atoms with Gasteiger partial charge in [-0.3, -0.25) is 9.69 Å². The van der Waals surface area contributed by atoms with E-state index in [9.17, 15) is 0 Å². The zero-order chi connectivity index (χ0) is 16.2. The third kappa shape index (κ3) is 32.4. The van der Waals surface area contributed by atoms with Crippen LogP contribution in [0.1, 0.15) is 27.1 Å². The van der Waals surface area contributed by atoms with E-state index in [4.69, 9.17) is 22.9 Å². The second-order valence-electron chi connectivity index (χ2n) is 4.17. The van der Waals surface area contributed by atoms with E-state index >= 15 is 0 Å². The molecule has 2 aliphatic heterocycles. The van der Waals surface area contributed by atoms with Crippen LogP contribution in [0.25, 0.3) is 0 Å². The van der Waals surface area contributed by atoms with Gasteiger partial charge < -0.3 is 16.9 Å². The summed E-state index contributed by atoms with van der Waals surface area (Å²) in [7, 11) is 0. The average molecular weight is 439 g/mol. The van der Waals surface area contributed by atoms with Crippen molar-refractivity contribution in [1.29, 1.82) is 0 Å². The van der Waals surface area contributed by atoms with Gasteiger partial charge in [0.1, 0.15) is 0 Å². The Balaban J connectivity index is -0.0000000673. The van der Waals surface area contributed by atoms with Gasteiger partial charge in [0.15, 0.2) is 0 Å². The third-order valence-corrected chi connectivity index (χ3v) is 2.91. The quantitative estimate of drug-likeness (QED) is 0.116. The van der Waals surface area contributed by atoms with Crippen LogP contribution in [-0.4, -0.2) is 49.4 Å². The Hall–Kier alpha value is 2.22. The van der Waals surface area contributed by atoms with Crippen LogP contribution in [0.3, 0.4) is 0 Å². The zero-order valence-electron chi connectivity index (χ0n) is 15.4. The maximum Gasteiger partial charge on any atom is 1.00 e. The number of alkyl halides is 1. The van der Waals surface area contributed by atoms with Crippen molar-refractivity contribution in [2.45, 2.75) is 25.7 Å². The summed E-state index contributed by atoms with van der Waals surface area (Å²) in [6.45, 7) is 5.59. The van der Waals surface area contributed by atoms with Crippen LogP contribution in [0.4, 0.5) is 0 Å². The van der Waals surface area contributed by atoms with Crippen LogP contribution in [0, 0.1) is 24.7 Å². The second kappa shape index (κ2) is 31.9. The van der Waals surface area contributed by atoms with Gasteiger partial charge in [-0.05, 0) is 51.9 Å². The number of terminal acetylenes is 2. The number of hydrogen-bond donors (Lipinski definition) is 1. The maximum atomic E-state index is 8.64. The molecular weight excluding hydrogens is 414 g/mol. The molecule has 0 bridgehead atoms. The summed E-state index contributed by atoms with van der Waals surface area (Å²) >= 11 is 3.01. The van der Waals surface area contributed by atoms with Crippen molar-refractivity contribution in [3.63, 3.8) is 0 Å². The largest absolute Gasteiger partial charge is 1.00 e. The van der Waals surface area contributed by atoms with E-state index in [1.807, 2.05) is 0 Å². The number of nitrogens with zero attached hydrogens (tertiary/aromatic N) is 1. The molecule has 0 aliphatic carbocycles. The summed E-state index contributed by atoms with van der Waals surface area (Å²) in [5.74, 6) is 4.98. The van der Waals surface area contributed by atoms with Crippen molar-refractivity contribution in [3.05, 3.63) is 0 Å². The summed E-state index contributed by atoms with van der Waals surface area (Å²) in [6, 6.07) is 0. The Bertz CT molecular complexity index is 298. The molecule has 5 nitrogen and oxygen atoms in total. The molecule has 23 heavy (non-hydrogen) atoms. The predicted molar refractivity (Wildman–Crippen MR) is 87.5 cm³/mol. The summed E-state index contributed by atoms with van der Waals surface area (Å²) in [5.41, 5.74) is 0. The normalized spacial score (nSPS) is 14.3. The van der Waals surface area contributed by atoms with Gasteiger partial charge in [-0.25, -0.2) is 0 Å². The van der Waals surface area contributed by atoms with Gasteiger partial charge in [0.25, 0.3) is 6.47 Å². The van der Waals surface area contributed by atoms with Crippen LogP contribution in [-0.2, 0) is 9.68 Å². The summed E-state index contributed by atoms with van der Waals surface area (Å²) in [5, 5.41) is 12.3. The molecule has 122 valence electrons.